The number of hydrogen-bond acceptors (Lipinski definition) is 3. The Kier molecular flexibility index (Phi) is 6.45. The lowest BCUT2D eigenvalue weighted by Crippen LogP contribution is -2.34. The Labute approximate surface area is 85.4 Å². The molecule has 0 saturated heterocycles. The van der Waals surface area contributed by atoms with E-state index in [1.165, 1.54) is 0 Å². The van der Waals surface area contributed by atoms with Crippen LogP contribution in [0.2, 0.25) is 0 Å². The maximum absolute atomic E-state index is 11.7. The molecule has 0 atom stereocenters. The summed E-state index contributed by atoms with van der Waals surface area (Å²) in [5, 5.41) is 12.9. The number of alkyl halides is 3. The highest BCUT2D eigenvalue weighted by Crippen LogP contribution is 2.20. The van der Waals surface area contributed by atoms with Crippen molar-refractivity contribution in [2.75, 3.05) is 19.6 Å². The van der Waals surface area contributed by atoms with Gasteiger partial charge < -0.3 is 10.6 Å². The fraction of sp³-hybridized carbons (Fsp3) is 0.750. The maximum Gasteiger partial charge on any atom is 0.389 e. The summed E-state index contributed by atoms with van der Waals surface area (Å²) >= 11 is 0. The van der Waals surface area contributed by atoms with Crippen molar-refractivity contribution in [3.05, 3.63) is 0 Å². The summed E-state index contributed by atoms with van der Waals surface area (Å²) in [6.45, 7) is -0.0396. The zero-order valence-corrected chi connectivity index (χ0v) is 8.02. The highest BCUT2D eigenvalue weighted by Gasteiger charge is 2.25. The zero-order chi connectivity index (χ0) is 11.7. The Hall–Kier alpha value is -1.29. The molecule has 0 heterocycles. The first-order valence-electron chi connectivity index (χ1n) is 4.37. The van der Waals surface area contributed by atoms with Crippen LogP contribution in [0.5, 0.6) is 0 Å². The molecule has 0 aliphatic carbocycles. The molecule has 1 amide bonds. The molecule has 0 saturated carbocycles. The Morgan fingerprint density at radius 2 is 2.07 bits per heavy atom. The Bertz CT molecular complexity index is 234. The first-order chi connectivity index (χ1) is 6.95. The smallest absolute Gasteiger partial charge is 0.342 e. The van der Waals surface area contributed by atoms with Crippen LogP contribution < -0.4 is 10.6 Å². The molecule has 0 aromatic carbocycles. The van der Waals surface area contributed by atoms with E-state index in [0.29, 0.717) is 0 Å². The van der Waals surface area contributed by atoms with Crippen molar-refractivity contribution in [2.24, 2.45) is 0 Å². The summed E-state index contributed by atoms with van der Waals surface area (Å²) in [5.74, 6) is -0.399. The molecule has 0 aliphatic heterocycles. The Morgan fingerprint density at radius 3 is 2.60 bits per heavy atom. The number of nitrogens with zero attached hydrogens (tertiary/aromatic N) is 1. The van der Waals surface area contributed by atoms with Gasteiger partial charge in [-0.2, -0.15) is 18.4 Å². The number of nitriles is 1. The molecule has 15 heavy (non-hydrogen) atoms. The van der Waals surface area contributed by atoms with Crippen molar-refractivity contribution in [1.82, 2.24) is 10.6 Å². The third kappa shape index (κ3) is 10.6. The second-order valence-electron chi connectivity index (χ2n) is 2.83. The summed E-state index contributed by atoms with van der Waals surface area (Å²) in [6, 6.07) is 1.71. The molecule has 0 rings (SSSR count). The molecule has 0 unspecified atom stereocenters. The van der Waals surface area contributed by atoms with E-state index >= 15 is 0 Å². The summed E-state index contributed by atoms with van der Waals surface area (Å²) < 4.78 is 35.0. The van der Waals surface area contributed by atoms with Crippen LogP contribution in [0.15, 0.2) is 0 Å². The fourth-order valence-corrected chi connectivity index (χ4v) is 0.816. The van der Waals surface area contributed by atoms with Gasteiger partial charge in [0.2, 0.25) is 5.91 Å². The predicted molar refractivity (Wildman–Crippen MR) is 46.8 cm³/mol. The number of amides is 1. The van der Waals surface area contributed by atoms with E-state index < -0.39 is 18.5 Å². The monoisotopic (exact) mass is 223 g/mol. The van der Waals surface area contributed by atoms with Gasteiger partial charge in [0, 0.05) is 6.42 Å². The van der Waals surface area contributed by atoms with Gasteiger partial charge in [0.1, 0.15) is 6.54 Å². The van der Waals surface area contributed by atoms with E-state index in [0.717, 1.165) is 0 Å². The van der Waals surface area contributed by atoms with Crippen molar-refractivity contribution < 1.29 is 18.0 Å². The van der Waals surface area contributed by atoms with Crippen LogP contribution in [0.1, 0.15) is 12.8 Å². The number of nitrogens with one attached hydrogen (secondary N) is 2. The minimum atomic E-state index is -4.15. The van der Waals surface area contributed by atoms with Gasteiger partial charge in [-0.3, -0.25) is 4.79 Å². The van der Waals surface area contributed by atoms with Gasteiger partial charge in [0.05, 0.1) is 12.6 Å². The van der Waals surface area contributed by atoms with Crippen LogP contribution in [0.4, 0.5) is 13.2 Å². The highest BCUT2D eigenvalue weighted by atomic mass is 19.4. The second kappa shape index (κ2) is 7.06. The van der Waals surface area contributed by atoms with Crippen LogP contribution in [0, 0.1) is 11.3 Å². The average molecular weight is 223 g/mol. The van der Waals surface area contributed by atoms with E-state index in [2.05, 4.69) is 10.6 Å². The van der Waals surface area contributed by atoms with Crippen molar-refractivity contribution in [3.8, 4) is 6.07 Å². The van der Waals surface area contributed by atoms with Gasteiger partial charge in [-0.1, -0.05) is 0 Å². The minimum absolute atomic E-state index is 0.0605. The minimum Gasteiger partial charge on any atom is -0.342 e. The van der Waals surface area contributed by atoms with Crippen molar-refractivity contribution in [1.29, 1.82) is 5.26 Å². The van der Waals surface area contributed by atoms with Crippen molar-refractivity contribution in [2.45, 2.75) is 19.0 Å². The Balaban J connectivity index is 3.32. The summed E-state index contributed by atoms with van der Waals surface area (Å²) in [5.41, 5.74) is 0. The maximum atomic E-state index is 11.7. The second-order valence-corrected chi connectivity index (χ2v) is 2.83. The molecule has 0 fully saturated rings. The molecule has 0 aromatic heterocycles. The lowest BCUT2D eigenvalue weighted by atomic mass is 10.3. The first kappa shape index (κ1) is 13.7. The normalized spacial score (nSPS) is 10.8. The van der Waals surface area contributed by atoms with E-state index in [4.69, 9.17) is 5.26 Å². The third-order valence-electron chi connectivity index (χ3n) is 1.46. The van der Waals surface area contributed by atoms with Crippen LogP contribution in [-0.4, -0.2) is 31.7 Å². The van der Waals surface area contributed by atoms with Crippen molar-refractivity contribution >= 4 is 5.91 Å². The van der Waals surface area contributed by atoms with Crippen LogP contribution in [0.3, 0.4) is 0 Å². The van der Waals surface area contributed by atoms with Gasteiger partial charge in [-0.25, -0.2) is 0 Å². The quantitative estimate of drug-likeness (QED) is 0.510. The predicted octanol–water partition coefficient (Wildman–Crippen LogP) is 0.558. The zero-order valence-electron chi connectivity index (χ0n) is 8.02. The molecule has 86 valence electrons. The molecule has 0 aromatic rings. The van der Waals surface area contributed by atoms with Crippen LogP contribution in [-0.2, 0) is 4.79 Å². The molecule has 2 N–H and O–H groups in total. The van der Waals surface area contributed by atoms with Gasteiger partial charge in [0.15, 0.2) is 0 Å². The number of rotatable bonds is 6. The molecule has 4 nitrogen and oxygen atoms in total. The SMILES string of the molecule is N#CCNC(=O)CNCCCC(F)(F)F. The van der Waals surface area contributed by atoms with Gasteiger partial charge in [-0.05, 0) is 13.0 Å². The molecule has 0 bridgehead atoms. The average Bonchev–Trinajstić information content (AvgIpc) is 2.12. The largest absolute Gasteiger partial charge is 0.389 e. The molecular formula is C8H12F3N3O. The first-order valence-corrected chi connectivity index (χ1v) is 4.37. The summed E-state index contributed by atoms with van der Waals surface area (Å²) in [4.78, 5) is 10.8. The standard InChI is InChI=1S/C8H12F3N3O/c9-8(10,11)2-1-4-13-6-7(15)14-5-3-12/h13H,1-2,4-6H2,(H,14,15). The van der Waals surface area contributed by atoms with E-state index in [9.17, 15) is 18.0 Å². The molecule has 0 aliphatic rings. The van der Waals surface area contributed by atoms with E-state index in [1.807, 2.05) is 0 Å². The number of hydrogen-bond donors (Lipinski definition) is 2. The topological polar surface area (TPSA) is 64.9 Å². The number of carbonyl (C=O) groups is 1. The van der Waals surface area contributed by atoms with Gasteiger partial charge >= 0.3 is 6.18 Å². The molecule has 0 radical (unpaired) electrons. The van der Waals surface area contributed by atoms with Crippen LogP contribution in [0.25, 0.3) is 0 Å². The molecule has 0 spiro atoms. The third-order valence-corrected chi connectivity index (χ3v) is 1.46. The molecular weight excluding hydrogens is 211 g/mol. The number of halogens is 3. The summed E-state index contributed by atoms with van der Waals surface area (Å²) in [6.07, 6.45) is -5.07. The van der Waals surface area contributed by atoms with Crippen molar-refractivity contribution in [3.63, 3.8) is 0 Å². The fourth-order valence-electron chi connectivity index (χ4n) is 0.816. The lowest BCUT2D eigenvalue weighted by Gasteiger charge is -2.06. The number of carbonyl (C=O) groups excluding carboxylic acids is 1. The van der Waals surface area contributed by atoms with E-state index in [-0.39, 0.29) is 26.1 Å². The molecule has 7 heteroatoms. The lowest BCUT2D eigenvalue weighted by molar-refractivity contribution is -0.135. The van der Waals surface area contributed by atoms with Crippen LogP contribution >= 0.6 is 0 Å². The van der Waals surface area contributed by atoms with E-state index in [1.54, 1.807) is 6.07 Å². The van der Waals surface area contributed by atoms with Gasteiger partial charge in [-0.15, -0.1) is 0 Å². The summed E-state index contributed by atoms with van der Waals surface area (Å²) in [7, 11) is 0. The Morgan fingerprint density at radius 1 is 1.40 bits per heavy atom. The highest BCUT2D eigenvalue weighted by molar-refractivity contribution is 5.78. The van der Waals surface area contributed by atoms with Gasteiger partial charge in [0.25, 0.3) is 0 Å².